The minimum Gasteiger partial charge on any atom is -0.456 e. The van der Waals surface area contributed by atoms with Gasteiger partial charge in [0.05, 0.1) is 0 Å². The van der Waals surface area contributed by atoms with Crippen LogP contribution in [-0.2, 0) is 0 Å². The lowest BCUT2D eigenvalue weighted by molar-refractivity contribution is 0.668. The Balaban J connectivity index is 1.00. The normalized spacial score (nSPS) is 11.7. The first-order valence-electron chi connectivity index (χ1n) is 20.5. The zero-order valence-electron chi connectivity index (χ0n) is 32.6. The van der Waals surface area contributed by atoms with E-state index in [1.54, 1.807) is 0 Å². The number of fused-ring (bicyclic) bond motifs is 7. The Morgan fingerprint density at radius 3 is 1.55 bits per heavy atom. The number of furan rings is 2. The van der Waals surface area contributed by atoms with Gasteiger partial charge in [0.1, 0.15) is 22.3 Å². The molecule has 0 atom stereocenters. The van der Waals surface area contributed by atoms with Crippen LogP contribution in [-0.4, -0.2) is 0 Å². The summed E-state index contributed by atoms with van der Waals surface area (Å²) >= 11 is 0. The predicted octanol–water partition coefficient (Wildman–Crippen LogP) is 16.6. The van der Waals surface area contributed by atoms with Crippen molar-refractivity contribution in [3.8, 4) is 66.8 Å². The van der Waals surface area contributed by atoms with E-state index in [0.717, 1.165) is 60.6 Å². The summed E-state index contributed by atoms with van der Waals surface area (Å²) in [5.74, 6) is 0. The van der Waals surface area contributed by atoms with Crippen LogP contribution in [0.4, 0.5) is 0 Å². The first-order chi connectivity index (χ1) is 29.7. The lowest BCUT2D eigenvalue weighted by Crippen LogP contribution is -1.90. The molecule has 0 N–H and O–H groups in total. The van der Waals surface area contributed by atoms with Crippen LogP contribution in [0.5, 0.6) is 0 Å². The Morgan fingerprint density at radius 2 is 0.750 bits per heavy atom. The Morgan fingerprint density at radius 1 is 0.217 bits per heavy atom. The highest BCUT2D eigenvalue weighted by molar-refractivity contribution is 6.17. The number of hydrogen-bond acceptors (Lipinski definition) is 2. The van der Waals surface area contributed by atoms with E-state index >= 15 is 0 Å². The molecule has 0 spiro atoms. The van der Waals surface area contributed by atoms with Crippen molar-refractivity contribution in [3.63, 3.8) is 0 Å². The number of hydrogen-bond donors (Lipinski definition) is 0. The summed E-state index contributed by atoms with van der Waals surface area (Å²) in [4.78, 5) is 0. The van der Waals surface area contributed by atoms with Crippen molar-refractivity contribution in [1.82, 2.24) is 0 Å². The molecule has 0 aliphatic rings. The fourth-order valence-electron chi connectivity index (χ4n) is 9.23. The zero-order chi connectivity index (χ0) is 39.6. The number of rotatable bonds is 6. The van der Waals surface area contributed by atoms with Crippen molar-refractivity contribution in [2.75, 3.05) is 0 Å². The summed E-state index contributed by atoms with van der Waals surface area (Å²) < 4.78 is 13.1. The third kappa shape index (κ3) is 5.65. The van der Waals surface area contributed by atoms with Gasteiger partial charge in [0, 0.05) is 27.1 Å². The van der Waals surface area contributed by atoms with Crippen LogP contribution >= 0.6 is 0 Å². The van der Waals surface area contributed by atoms with Gasteiger partial charge in [0.2, 0.25) is 0 Å². The van der Waals surface area contributed by atoms with Crippen LogP contribution in [0, 0.1) is 0 Å². The summed E-state index contributed by atoms with van der Waals surface area (Å²) in [7, 11) is 0. The van der Waals surface area contributed by atoms with Crippen LogP contribution in [0.3, 0.4) is 0 Å². The second-order valence-corrected chi connectivity index (χ2v) is 15.6. The highest BCUT2D eigenvalue weighted by Gasteiger charge is 2.19. The molecule has 60 heavy (non-hydrogen) atoms. The molecular formula is C58H36O2. The molecule has 0 fully saturated rings. The predicted molar refractivity (Wildman–Crippen MR) is 251 cm³/mol. The highest BCUT2D eigenvalue weighted by Crippen LogP contribution is 2.44. The second-order valence-electron chi connectivity index (χ2n) is 15.6. The first kappa shape index (κ1) is 34.1. The molecule has 2 heteroatoms. The number of para-hydroxylation sites is 2. The molecule has 2 heterocycles. The fourth-order valence-corrected chi connectivity index (χ4v) is 9.23. The molecule has 0 amide bonds. The quantitative estimate of drug-likeness (QED) is 0.169. The van der Waals surface area contributed by atoms with Gasteiger partial charge in [-0.15, -0.1) is 0 Å². The lowest BCUT2D eigenvalue weighted by atomic mass is 9.88. The van der Waals surface area contributed by atoms with Gasteiger partial charge in [-0.3, -0.25) is 0 Å². The average molecular weight is 765 g/mol. The maximum absolute atomic E-state index is 6.67. The Hall–Kier alpha value is -7.94. The highest BCUT2D eigenvalue weighted by atomic mass is 16.3. The van der Waals surface area contributed by atoms with Gasteiger partial charge in [-0.05, 0) is 121 Å². The Kier molecular flexibility index (Phi) is 7.89. The van der Waals surface area contributed by atoms with Crippen molar-refractivity contribution in [1.29, 1.82) is 0 Å². The number of benzene rings is 10. The smallest absolute Gasteiger partial charge is 0.143 e. The zero-order valence-corrected chi connectivity index (χ0v) is 32.6. The molecule has 0 aliphatic carbocycles. The standard InChI is InChI=1S/C58H36O2/c1-3-14-37(15-4-1)39-18-11-19-40(32-39)43-33-42(38-16-5-2-6-17-38)34-44(35-43)45-30-31-49(48-21-8-7-20-47(45)48)51-24-13-27-55-57(51)53-29-28-41(36-56(53)59-55)46-23-12-25-52-50-22-9-10-26-54(50)60-58(46)52/h1-36H. The van der Waals surface area contributed by atoms with E-state index in [1.165, 1.54) is 60.8 Å². The average Bonchev–Trinajstić information content (AvgIpc) is 3.90. The molecule has 0 bridgehead atoms. The molecule has 280 valence electrons. The topological polar surface area (TPSA) is 26.3 Å². The molecule has 0 saturated carbocycles. The van der Waals surface area contributed by atoms with Crippen molar-refractivity contribution in [3.05, 3.63) is 218 Å². The van der Waals surface area contributed by atoms with Crippen LogP contribution in [0.1, 0.15) is 0 Å². The van der Waals surface area contributed by atoms with Crippen LogP contribution in [0.15, 0.2) is 227 Å². The minimum atomic E-state index is 0.852. The Labute approximate surface area is 347 Å². The van der Waals surface area contributed by atoms with Crippen LogP contribution in [0.2, 0.25) is 0 Å². The molecular weight excluding hydrogens is 729 g/mol. The van der Waals surface area contributed by atoms with Crippen molar-refractivity contribution in [2.24, 2.45) is 0 Å². The lowest BCUT2D eigenvalue weighted by Gasteiger charge is -2.16. The van der Waals surface area contributed by atoms with Gasteiger partial charge in [-0.2, -0.15) is 0 Å². The fraction of sp³-hybridized carbons (Fsp3) is 0. The maximum Gasteiger partial charge on any atom is 0.143 e. The van der Waals surface area contributed by atoms with Gasteiger partial charge in [0.25, 0.3) is 0 Å². The van der Waals surface area contributed by atoms with Gasteiger partial charge in [-0.25, -0.2) is 0 Å². The third-order valence-electron chi connectivity index (χ3n) is 12.1. The molecule has 12 rings (SSSR count). The van der Waals surface area contributed by atoms with Gasteiger partial charge in [0.15, 0.2) is 0 Å². The summed E-state index contributed by atoms with van der Waals surface area (Å²) in [5.41, 5.74) is 17.5. The van der Waals surface area contributed by atoms with Crippen molar-refractivity contribution in [2.45, 2.75) is 0 Å². The first-order valence-corrected chi connectivity index (χ1v) is 20.5. The van der Waals surface area contributed by atoms with Gasteiger partial charge < -0.3 is 8.83 Å². The SMILES string of the molecule is c1ccc(-c2cccc(-c3cc(-c4ccccc4)cc(-c4ccc(-c5cccc6oc7cc(-c8cccc9c8oc8ccccc89)ccc7c56)c5ccccc45)c3)c2)cc1. The maximum atomic E-state index is 6.67. The van der Waals surface area contributed by atoms with Crippen molar-refractivity contribution < 1.29 is 8.83 Å². The summed E-state index contributed by atoms with van der Waals surface area (Å²) in [5, 5.41) is 6.85. The van der Waals surface area contributed by atoms with E-state index in [2.05, 4.69) is 206 Å². The molecule has 0 aliphatic heterocycles. The molecule has 2 aromatic heterocycles. The second kappa shape index (κ2) is 13.9. The molecule has 12 aromatic rings. The van der Waals surface area contributed by atoms with E-state index in [-0.39, 0.29) is 0 Å². The van der Waals surface area contributed by atoms with Crippen LogP contribution in [0.25, 0.3) is 121 Å². The largest absolute Gasteiger partial charge is 0.456 e. The molecule has 10 aromatic carbocycles. The summed E-state index contributed by atoms with van der Waals surface area (Å²) in [6, 6.07) is 78.2. The summed E-state index contributed by atoms with van der Waals surface area (Å²) in [6.07, 6.45) is 0. The van der Waals surface area contributed by atoms with E-state index in [9.17, 15) is 0 Å². The van der Waals surface area contributed by atoms with Gasteiger partial charge in [-0.1, -0.05) is 170 Å². The monoisotopic (exact) mass is 764 g/mol. The molecule has 0 saturated heterocycles. The van der Waals surface area contributed by atoms with E-state index in [4.69, 9.17) is 8.83 Å². The molecule has 0 radical (unpaired) electrons. The van der Waals surface area contributed by atoms with E-state index < -0.39 is 0 Å². The van der Waals surface area contributed by atoms with Crippen molar-refractivity contribution >= 4 is 54.6 Å². The minimum absolute atomic E-state index is 0.852. The van der Waals surface area contributed by atoms with E-state index in [1.807, 2.05) is 12.1 Å². The van der Waals surface area contributed by atoms with E-state index in [0.29, 0.717) is 0 Å². The summed E-state index contributed by atoms with van der Waals surface area (Å²) in [6.45, 7) is 0. The van der Waals surface area contributed by atoms with Crippen LogP contribution < -0.4 is 0 Å². The Bertz CT molecular complexity index is 3590. The van der Waals surface area contributed by atoms with Gasteiger partial charge >= 0.3 is 0 Å². The third-order valence-corrected chi connectivity index (χ3v) is 12.1. The molecule has 2 nitrogen and oxygen atoms in total. The molecule has 0 unspecified atom stereocenters.